The van der Waals surface area contributed by atoms with Crippen molar-refractivity contribution in [2.45, 2.75) is 5.88 Å². The number of hydrogen-bond acceptors (Lipinski definition) is 4. The number of halogens is 2. The number of pyridine rings is 1. The van der Waals surface area contributed by atoms with Crippen LogP contribution in [-0.2, 0) is 5.88 Å². The summed E-state index contributed by atoms with van der Waals surface area (Å²) in [5.74, 6) is 0.965. The van der Waals surface area contributed by atoms with Crippen molar-refractivity contribution in [1.82, 2.24) is 4.98 Å². The Morgan fingerprint density at radius 3 is 2.79 bits per heavy atom. The van der Waals surface area contributed by atoms with Crippen LogP contribution < -0.4 is 4.74 Å². The fourth-order valence-corrected chi connectivity index (χ4v) is 1.87. The van der Waals surface area contributed by atoms with Gasteiger partial charge in [-0.3, -0.25) is 10.1 Å². The summed E-state index contributed by atoms with van der Waals surface area (Å²) in [6.45, 7) is 0. The summed E-state index contributed by atoms with van der Waals surface area (Å²) in [5, 5.41) is 10.6. The highest BCUT2D eigenvalue weighted by atomic mass is 35.5. The summed E-state index contributed by atoms with van der Waals surface area (Å²) in [5.41, 5.74) is 0.547. The molecule has 0 saturated heterocycles. The molecule has 19 heavy (non-hydrogen) atoms. The van der Waals surface area contributed by atoms with Crippen LogP contribution in [0.3, 0.4) is 0 Å². The van der Waals surface area contributed by atoms with E-state index < -0.39 is 4.92 Å². The maximum atomic E-state index is 10.6. The maximum absolute atomic E-state index is 10.6. The number of hydrogen-bond donors (Lipinski definition) is 0. The van der Waals surface area contributed by atoms with Gasteiger partial charge in [-0.25, -0.2) is 4.98 Å². The molecule has 0 amide bonds. The SMILES string of the molecule is O=[N+]([O-])c1ccc(Oc2ncccc2CCl)cc1Cl. The number of rotatable bonds is 4. The fourth-order valence-electron chi connectivity index (χ4n) is 1.43. The largest absolute Gasteiger partial charge is 0.439 e. The Hall–Kier alpha value is -1.85. The number of nitro groups is 1. The number of nitro benzene ring substituents is 1. The number of aromatic nitrogens is 1. The third kappa shape index (κ3) is 3.13. The normalized spacial score (nSPS) is 10.2. The molecule has 0 spiro atoms. The monoisotopic (exact) mass is 298 g/mol. The van der Waals surface area contributed by atoms with Gasteiger partial charge in [0.15, 0.2) is 0 Å². The van der Waals surface area contributed by atoms with Gasteiger partial charge in [-0.1, -0.05) is 17.7 Å². The fraction of sp³-hybridized carbons (Fsp3) is 0.0833. The topological polar surface area (TPSA) is 65.3 Å². The Balaban J connectivity index is 2.29. The van der Waals surface area contributed by atoms with Gasteiger partial charge in [-0.05, 0) is 12.1 Å². The van der Waals surface area contributed by atoms with Crippen LogP contribution in [0.5, 0.6) is 11.6 Å². The van der Waals surface area contributed by atoms with Crippen LogP contribution in [0.15, 0.2) is 36.5 Å². The van der Waals surface area contributed by atoms with Crippen molar-refractivity contribution in [1.29, 1.82) is 0 Å². The molecule has 0 bridgehead atoms. The molecule has 0 radical (unpaired) electrons. The van der Waals surface area contributed by atoms with E-state index in [0.29, 0.717) is 11.6 Å². The first kappa shape index (κ1) is 13.6. The zero-order valence-corrected chi connectivity index (χ0v) is 11.1. The molecule has 0 aliphatic rings. The van der Waals surface area contributed by atoms with E-state index >= 15 is 0 Å². The van der Waals surface area contributed by atoms with E-state index in [1.165, 1.54) is 18.2 Å². The van der Waals surface area contributed by atoms with Crippen molar-refractivity contribution < 1.29 is 9.66 Å². The van der Waals surface area contributed by atoms with Gasteiger partial charge in [0.1, 0.15) is 10.8 Å². The highest BCUT2D eigenvalue weighted by molar-refractivity contribution is 6.32. The maximum Gasteiger partial charge on any atom is 0.288 e. The van der Waals surface area contributed by atoms with Crippen LogP contribution in [-0.4, -0.2) is 9.91 Å². The van der Waals surface area contributed by atoms with Gasteiger partial charge in [0.05, 0.1) is 10.8 Å². The second-order valence-electron chi connectivity index (χ2n) is 3.57. The Labute approximate surface area is 118 Å². The molecule has 0 fully saturated rings. The Kier molecular flexibility index (Phi) is 4.19. The summed E-state index contributed by atoms with van der Waals surface area (Å²) < 4.78 is 5.51. The Bertz CT molecular complexity index is 620. The number of ether oxygens (including phenoxy) is 1. The van der Waals surface area contributed by atoms with Crippen molar-refractivity contribution in [3.05, 3.63) is 57.2 Å². The molecule has 2 aromatic rings. The zero-order chi connectivity index (χ0) is 13.8. The molecule has 2 rings (SSSR count). The van der Waals surface area contributed by atoms with Crippen molar-refractivity contribution in [2.24, 2.45) is 0 Å². The molecule has 0 aliphatic heterocycles. The summed E-state index contributed by atoms with van der Waals surface area (Å²) in [6.07, 6.45) is 1.57. The summed E-state index contributed by atoms with van der Waals surface area (Å²) in [4.78, 5) is 14.1. The summed E-state index contributed by atoms with van der Waals surface area (Å²) in [6, 6.07) is 7.62. The number of nitrogens with zero attached hydrogens (tertiary/aromatic N) is 2. The van der Waals surface area contributed by atoms with Crippen LogP contribution in [0.25, 0.3) is 0 Å². The molecule has 0 unspecified atom stereocenters. The van der Waals surface area contributed by atoms with Crippen LogP contribution in [0.2, 0.25) is 5.02 Å². The molecule has 0 saturated carbocycles. The van der Waals surface area contributed by atoms with Gasteiger partial charge in [-0.2, -0.15) is 0 Å². The summed E-state index contributed by atoms with van der Waals surface area (Å²) >= 11 is 11.6. The standard InChI is InChI=1S/C12H8Cl2N2O3/c13-7-8-2-1-5-15-12(8)19-9-3-4-11(16(17)18)10(14)6-9/h1-6H,7H2. The lowest BCUT2D eigenvalue weighted by Crippen LogP contribution is -1.94. The second-order valence-corrected chi connectivity index (χ2v) is 4.25. The number of alkyl halides is 1. The minimum Gasteiger partial charge on any atom is -0.439 e. The molecule has 1 heterocycles. The average molecular weight is 299 g/mol. The minimum absolute atomic E-state index is 0.00542. The van der Waals surface area contributed by atoms with Crippen molar-refractivity contribution in [3.8, 4) is 11.6 Å². The molecule has 0 N–H and O–H groups in total. The Morgan fingerprint density at radius 2 is 2.16 bits per heavy atom. The van der Waals surface area contributed by atoms with Gasteiger partial charge in [0.25, 0.3) is 5.69 Å². The van der Waals surface area contributed by atoms with E-state index in [9.17, 15) is 10.1 Å². The van der Waals surface area contributed by atoms with Gasteiger partial charge in [0.2, 0.25) is 5.88 Å². The predicted molar refractivity (Wildman–Crippen MR) is 72.0 cm³/mol. The van der Waals surface area contributed by atoms with E-state index in [0.717, 1.165) is 5.56 Å². The first-order valence-corrected chi connectivity index (χ1v) is 6.14. The number of benzene rings is 1. The third-order valence-corrected chi connectivity index (χ3v) is 2.91. The summed E-state index contributed by atoms with van der Waals surface area (Å²) in [7, 11) is 0. The lowest BCUT2D eigenvalue weighted by molar-refractivity contribution is -0.384. The molecule has 7 heteroatoms. The molecule has 5 nitrogen and oxygen atoms in total. The van der Waals surface area contributed by atoms with Crippen molar-refractivity contribution in [3.63, 3.8) is 0 Å². The van der Waals surface area contributed by atoms with Gasteiger partial charge >= 0.3 is 0 Å². The van der Waals surface area contributed by atoms with E-state index in [2.05, 4.69) is 4.98 Å². The van der Waals surface area contributed by atoms with Crippen molar-refractivity contribution >= 4 is 28.9 Å². The van der Waals surface area contributed by atoms with Gasteiger partial charge < -0.3 is 4.74 Å². The van der Waals surface area contributed by atoms with E-state index in [1.54, 1.807) is 18.3 Å². The average Bonchev–Trinajstić information content (AvgIpc) is 2.39. The van der Waals surface area contributed by atoms with Gasteiger partial charge in [0, 0.05) is 23.9 Å². The molecule has 1 aromatic carbocycles. The lowest BCUT2D eigenvalue weighted by atomic mass is 10.3. The first-order chi connectivity index (χ1) is 9.11. The first-order valence-electron chi connectivity index (χ1n) is 5.23. The Morgan fingerprint density at radius 1 is 1.37 bits per heavy atom. The van der Waals surface area contributed by atoms with E-state index in [-0.39, 0.29) is 16.6 Å². The quantitative estimate of drug-likeness (QED) is 0.482. The molecular weight excluding hydrogens is 291 g/mol. The smallest absolute Gasteiger partial charge is 0.288 e. The second kappa shape index (κ2) is 5.86. The molecule has 1 aromatic heterocycles. The molecule has 98 valence electrons. The van der Waals surface area contributed by atoms with Crippen LogP contribution in [0, 0.1) is 10.1 Å². The molecule has 0 atom stereocenters. The third-order valence-electron chi connectivity index (χ3n) is 2.32. The molecular formula is C12H8Cl2N2O3. The lowest BCUT2D eigenvalue weighted by Gasteiger charge is -2.08. The minimum atomic E-state index is -0.558. The highest BCUT2D eigenvalue weighted by Gasteiger charge is 2.13. The zero-order valence-electron chi connectivity index (χ0n) is 9.55. The highest BCUT2D eigenvalue weighted by Crippen LogP contribution is 2.31. The van der Waals surface area contributed by atoms with E-state index in [4.69, 9.17) is 27.9 Å². The predicted octanol–water partition coefficient (Wildman–Crippen LogP) is 4.17. The van der Waals surface area contributed by atoms with Crippen molar-refractivity contribution in [2.75, 3.05) is 0 Å². The van der Waals surface area contributed by atoms with E-state index in [1.807, 2.05) is 0 Å². The van der Waals surface area contributed by atoms with Crippen LogP contribution in [0.4, 0.5) is 5.69 Å². The molecule has 0 aliphatic carbocycles. The van der Waals surface area contributed by atoms with Crippen LogP contribution >= 0.6 is 23.2 Å². The van der Waals surface area contributed by atoms with Crippen LogP contribution in [0.1, 0.15) is 5.56 Å². The van der Waals surface area contributed by atoms with Gasteiger partial charge in [-0.15, -0.1) is 11.6 Å².